The molecule has 0 fully saturated rings. The van der Waals surface area contributed by atoms with E-state index in [4.69, 9.17) is 10.8 Å². The maximum absolute atomic E-state index is 10.5. The van der Waals surface area contributed by atoms with E-state index >= 15 is 0 Å². The fourth-order valence-electron chi connectivity index (χ4n) is 1.29. The lowest BCUT2D eigenvalue weighted by atomic mass is 10.2. The Kier molecular flexibility index (Phi) is 3.73. The van der Waals surface area contributed by atoms with E-state index in [9.17, 15) is 4.79 Å². The van der Waals surface area contributed by atoms with Crippen molar-refractivity contribution >= 4 is 23.4 Å². The van der Waals surface area contributed by atoms with Gasteiger partial charge < -0.3 is 10.8 Å². The number of carboxylic acid groups (broad SMARTS) is 1. The Bertz CT molecular complexity index is 576. The van der Waals surface area contributed by atoms with Gasteiger partial charge in [-0.25, -0.2) is 4.98 Å². The molecule has 7 heteroatoms. The standard InChI is InChI=1S/C11H10N4O2S/c12-8-1-7(2-13-3-8)9-4-14-5-10(15-9)18-6-11(16)17/h1-5H,6,12H2,(H,16,17). The highest BCUT2D eigenvalue weighted by molar-refractivity contribution is 7.99. The van der Waals surface area contributed by atoms with E-state index in [1.807, 2.05) is 0 Å². The van der Waals surface area contributed by atoms with Gasteiger partial charge in [-0.2, -0.15) is 0 Å². The average Bonchev–Trinajstić information content (AvgIpc) is 2.37. The molecule has 92 valence electrons. The molecule has 0 saturated carbocycles. The van der Waals surface area contributed by atoms with Crippen LogP contribution in [-0.2, 0) is 4.79 Å². The Morgan fingerprint density at radius 2 is 2.06 bits per heavy atom. The predicted molar refractivity (Wildman–Crippen MR) is 68.0 cm³/mol. The minimum atomic E-state index is -0.891. The number of nitrogens with zero attached hydrogens (tertiary/aromatic N) is 3. The van der Waals surface area contributed by atoms with Crippen LogP contribution in [0.2, 0.25) is 0 Å². The van der Waals surface area contributed by atoms with E-state index in [1.165, 1.54) is 6.20 Å². The molecule has 0 radical (unpaired) electrons. The second kappa shape index (κ2) is 5.46. The van der Waals surface area contributed by atoms with Crippen LogP contribution in [-0.4, -0.2) is 31.8 Å². The summed E-state index contributed by atoms with van der Waals surface area (Å²) in [6.45, 7) is 0. The smallest absolute Gasteiger partial charge is 0.313 e. The number of hydrogen-bond acceptors (Lipinski definition) is 6. The molecule has 0 aliphatic carbocycles. The molecule has 0 amide bonds. The third-order valence-electron chi connectivity index (χ3n) is 2.01. The van der Waals surface area contributed by atoms with Crippen molar-refractivity contribution in [3.63, 3.8) is 0 Å². The number of aromatic nitrogens is 3. The zero-order valence-corrected chi connectivity index (χ0v) is 10.1. The number of pyridine rings is 1. The van der Waals surface area contributed by atoms with Crippen LogP contribution < -0.4 is 5.73 Å². The lowest BCUT2D eigenvalue weighted by Crippen LogP contribution is -1.99. The lowest BCUT2D eigenvalue weighted by molar-refractivity contribution is -0.133. The van der Waals surface area contributed by atoms with Crippen LogP contribution in [0.1, 0.15) is 0 Å². The van der Waals surface area contributed by atoms with Gasteiger partial charge in [-0.05, 0) is 6.07 Å². The quantitative estimate of drug-likeness (QED) is 0.800. The number of rotatable bonds is 4. The Balaban J connectivity index is 2.24. The lowest BCUT2D eigenvalue weighted by Gasteiger charge is -2.03. The van der Waals surface area contributed by atoms with Gasteiger partial charge in [0, 0.05) is 18.0 Å². The molecule has 0 aliphatic heterocycles. The molecule has 2 heterocycles. The highest BCUT2D eigenvalue weighted by Crippen LogP contribution is 2.21. The molecule has 2 aromatic heterocycles. The molecule has 0 spiro atoms. The van der Waals surface area contributed by atoms with Crippen molar-refractivity contribution in [2.45, 2.75) is 5.03 Å². The van der Waals surface area contributed by atoms with Crippen molar-refractivity contribution < 1.29 is 9.90 Å². The Hall–Kier alpha value is -2.15. The van der Waals surface area contributed by atoms with E-state index in [1.54, 1.807) is 24.7 Å². The highest BCUT2D eigenvalue weighted by Gasteiger charge is 2.05. The molecule has 6 nitrogen and oxygen atoms in total. The number of aliphatic carboxylic acids is 1. The van der Waals surface area contributed by atoms with E-state index in [0.29, 0.717) is 16.4 Å². The molecule has 0 bridgehead atoms. The summed E-state index contributed by atoms with van der Waals surface area (Å²) in [7, 11) is 0. The van der Waals surface area contributed by atoms with Crippen molar-refractivity contribution in [3.8, 4) is 11.3 Å². The van der Waals surface area contributed by atoms with Crippen molar-refractivity contribution in [3.05, 3.63) is 30.9 Å². The van der Waals surface area contributed by atoms with Gasteiger partial charge in [0.25, 0.3) is 0 Å². The van der Waals surface area contributed by atoms with E-state index in [-0.39, 0.29) is 5.75 Å². The van der Waals surface area contributed by atoms with Gasteiger partial charge in [0.1, 0.15) is 5.03 Å². The van der Waals surface area contributed by atoms with Gasteiger partial charge >= 0.3 is 5.97 Å². The molecule has 2 aromatic rings. The first-order valence-corrected chi connectivity index (χ1v) is 6.01. The maximum atomic E-state index is 10.5. The third kappa shape index (κ3) is 3.17. The fourth-order valence-corrected chi connectivity index (χ4v) is 1.86. The topological polar surface area (TPSA) is 102 Å². The molecule has 3 N–H and O–H groups in total. The third-order valence-corrected chi connectivity index (χ3v) is 2.89. The van der Waals surface area contributed by atoms with Crippen LogP contribution in [0.3, 0.4) is 0 Å². The SMILES string of the molecule is Nc1cncc(-c2cncc(SCC(=O)O)n2)c1. The number of hydrogen-bond donors (Lipinski definition) is 2. The van der Waals surface area contributed by atoms with Gasteiger partial charge in [0.15, 0.2) is 0 Å². The van der Waals surface area contributed by atoms with Crippen molar-refractivity contribution in [1.29, 1.82) is 0 Å². The summed E-state index contributed by atoms with van der Waals surface area (Å²) in [5.74, 6) is -0.939. The first-order chi connectivity index (χ1) is 8.65. The summed E-state index contributed by atoms with van der Waals surface area (Å²) >= 11 is 1.12. The van der Waals surface area contributed by atoms with Gasteiger partial charge in [-0.15, -0.1) is 0 Å². The zero-order chi connectivity index (χ0) is 13.0. The normalized spacial score (nSPS) is 10.2. The molecule has 0 saturated heterocycles. The molecular formula is C11H10N4O2S. The summed E-state index contributed by atoms with van der Waals surface area (Å²) in [4.78, 5) is 22.8. The number of carboxylic acids is 1. The second-order valence-electron chi connectivity index (χ2n) is 3.43. The Morgan fingerprint density at radius 3 is 2.78 bits per heavy atom. The second-order valence-corrected chi connectivity index (χ2v) is 4.43. The number of anilines is 1. The number of nitrogen functional groups attached to an aromatic ring is 1. The summed E-state index contributed by atoms with van der Waals surface area (Å²) in [5.41, 5.74) is 7.54. The summed E-state index contributed by atoms with van der Waals surface area (Å²) < 4.78 is 0. The Morgan fingerprint density at radius 1 is 1.28 bits per heavy atom. The number of nitrogens with two attached hydrogens (primary N) is 1. The van der Waals surface area contributed by atoms with Crippen LogP contribution in [0.15, 0.2) is 35.9 Å². The number of thioether (sulfide) groups is 1. The minimum absolute atomic E-state index is 0.0483. The van der Waals surface area contributed by atoms with E-state index in [0.717, 1.165) is 17.3 Å². The number of carbonyl (C=O) groups is 1. The first-order valence-electron chi connectivity index (χ1n) is 5.02. The molecular weight excluding hydrogens is 252 g/mol. The molecule has 0 unspecified atom stereocenters. The average molecular weight is 262 g/mol. The van der Waals surface area contributed by atoms with Crippen LogP contribution in [0.5, 0.6) is 0 Å². The van der Waals surface area contributed by atoms with E-state index in [2.05, 4.69) is 15.0 Å². The summed E-state index contributed by atoms with van der Waals surface area (Å²) in [5, 5.41) is 9.16. The van der Waals surface area contributed by atoms with Crippen LogP contribution in [0, 0.1) is 0 Å². The molecule has 18 heavy (non-hydrogen) atoms. The fraction of sp³-hybridized carbons (Fsp3) is 0.0909. The van der Waals surface area contributed by atoms with Gasteiger partial charge in [0.05, 0.1) is 29.5 Å². The summed E-state index contributed by atoms with van der Waals surface area (Å²) in [6, 6.07) is 1.74. The van der Waals surface area contributed by atoms with Crippen LogP contribution in [0.25, 0.3) is 11.3 Å². The van der Waals surface area contributed by atoms with Gasteiger partial charge in [-0.3, -0.25) is 14.8 Å². The van der Waals surface area contributed by atoms with Gasteiger partial charge in [-0.1, -0.05) is 11.8 Å². The molecule has 0 atom stereocenters. The van der Waals surface area contributed by atoms with Crippen LogP contribution in [0.4, 0.5) is 5.69 Å². The Labute approximate surface area is 107 Å². The first kappa shape index (κ1) is 12.3. The highest BCUT2D eigenvalue weighted by atomic mass is 32.2. The summed E-state index contributed by atoms with van der Waals surface area (Å²) in [6.07, 6.45) is 6.28. The molecule has 2 rings (SSSR count). The van der Waals surface area contributed by atoms with Crippen molar-refractivity contribution in [2.24, 2.45) is 0 Å². The monoisotopic (exact) mass is 262 g/mol. The molecule has 0 aromatic carbocycles. The van der Waals surface area contributed by atoms with Crippen molar-refractivity contribution in [2.75, 3.05) is 11.5 Å². The van der Waals surface area contributed by atoms with Gasteiger partial charge in [0.2, 0.25) is 0 Å². The van der Waals surface area contributed by atoms with Crippen molar-refractivity contribution in [1.82, 2.24) is 15.0 Å². The molecule has 0 aliphatic rings. The minimum Gasteiger partial charge on any atom is -0.481 e. The largest absolute Gasteiger partial charge is 0.481 e. The zero-order valence-electron chi connectivity index (χ0n) is 9.28. The van der Waals surface area contributed by atoms with E-state index < -0.39 is 5.97 Å². The maximum Gasteiger partial charge on any atom is 0.313 e. The van der Waals surface area contributed by atoms with Crippen LogP contribution >= 0.6 is 11.8 Å². The predicted octanol–water partition coefficient (Wildman–Crippen LogP) is 1.30.